The number of benzene rings is 2. The van der Waals surface area contributed by atoms with Crippen LogP contribution in [0.25, 0.3) is 0 Å². The molecule has 2 N–H and O–H groups in total. The standard InChI is InChI=1S/C19H21FN2O2/c1-13-6-5-7-14(2)19(13)22-18(24)12-21-17(23)11-10-15-8-3-4-9-16(15)20/h3-9H,10-12H2,1-2H3,(H,21,23)(H,22,24). The van der Waals surface area contributed by atoms with Crippen molar-refractivity contribution in [2.24, 2.45) is 0 Å². The average Bonchev–Trinajstić information content (AvgIpc) is 2.56. The Bertz CT molecular complexity index is 724. The molecule has 24 heavy (non-hydrogen) atoms. The number of carbonyl (C=O) groups excluding carboxylic acids is 2. The summed E-state index contributed by atoms with van der Waals surface area (Å²) in [4.78, 5) is 23.8. The zero-order valence-electron chi connectivity index (χ0n) is 13.9. The Kier molecular flexibility index (Phi) is 6.07. The highest BCUT2D eigenvalue weighted by molar-refractivity contribution is 5.95. The van der Waals surface area contributed by atoms with Crippen LogP contribution in [0.1, 0.15) is 23.1 Å². The molecule has 2 amide bonds. The fourth-order valence-corrected chi connectivity index (χ4v) is 2.41. The van der Waals surface area contributed by atoms with Gasteiger partial charge in [-0.1, -0.05) is 36.4 Å². The second-order valence-electron chi connectivity index (χ2n) is 5.68. The summed E-state index contributed by atoms with van der Waals surface area (Å²) in [6.45, 7) is 3.72. The molecular weight excluding hydrogens is 307 g/mol. The van der Waals surface area contributed by atoms with Crippen molar-refractivity contribution in [1.82, 2.24) is 5.32 Å². The average molecular weight is 328 g/mol. The van der Waals surface area contributed by atoms with Crippen LogP contribution in [0.2, 0.25) is 0 Å². The van der Waals surface area contributed by atoms with Crippen LogP contribution < -0.4 is 10.6 Å². The van der Waals surface area contributed by atoms with Gasteiger partial charge < -0.3 is 10.6 Å². The summed E-state index contributed by atoms with van der Waals surface area (Å²) in [6.07, 6.45) is 0.439. The van der Waals surface area contributed by atoms with E-state index in [1.165, 1.54) is 6.07 Å². The zero-order valence-corrected chi connectivity index (χ0v) is 13.9. The van der Waals surface area contributed by atoms with E-state index >= 15 is 0 Å². The molecule has 5 heteroatoms. The lowest BCUT2D eigenvalue weighted by atomic mass is 10.1. The van der Waals surface area contributed by atoms with Crippen LogP contribution >= 0.6 is 0 Å². The fourth-order valence-electron chi connectivity index (χ4n) is 2.41. The summed E-state index contributed by atoms with van der Waals surface area (Å²) in [5, 5.41) is 5.36. The van der Waals surface area contributed by atoms with Crippen LogP contribution in [-0.2, 0) is 16.0 Å². The summed E-state index contributed by atoms with van der Waals surface area (Å²) >= 11 is 0. The Labute approximate surface area is 141 Å². The van der Waals surface area contributed by atoms with Gasteiger partial charge in [-0.15, -0.1) is 0 Å². The third-order valence-corrected chi connectivity index (χ3v) is 3.77. The van der Waals surface area contributed by atoms with E-state index in [-0.39, 0.29) is 30.6 Å². The van der Waals surface area contributed by atoms with Crippen LogP contribution in [0.5, 0.6) is 0 Å². The quantitative estimate of drug-likeness (QED) is 0.856. The molecule has 0 aliphatic heterocycles. The van der Waals surface area contributed by atoms with Crippen LogP contribution in [0.4, 0.5) is 10.1 Å². The van der Waals surface area contributed by atoms with Gasteiger partial charge in [-0.2, -0.15) is 0 Å². The molecular formula is C19H21FN2O2. The van der Waals surface area contributed by atoms with Gasteiger partial charge in [0.15, 0.2) is 0 Å². The molecule has 0 aliphatic rings. The number of hydrogen-bond donors (Lipinski definition) is 2. The largest absolute Gasteiger partial charge is 0.347 e. The molecule has 0 saturated heterocycles. The highest BCUT2D eigenvalue weighted by atomic mass is 19.1. The molecule has 0 aromatic heterocycles. The third-order valence-electron chi connectivity index (χ3n) is 3.77. The summed E-state index contributed by atoms with van der Waals surface area (Å²) in [5.41, 5.74) is 3.19. The van der Waals surface area contributed by atoms with Gasteiger partial charge in [0.1, 0.15) is 5.82 Å². The number of anilines is 1. The number of para-hydroxylation sites is 1. The van der Waals surface area contributed by atoms with Gasteiger partial charge in [-0.25, -0.2) is 4.39 Å². The maximum absolute atomic E-state index is 13.5. The molecule has 2 aromatic carbocycles. The predicted molar refractivity (Wildman–Crippen MR) is 92.3 cm³/mol. The molecule has 0 radical (unpaired) electrons. The minimum atomic E-state index is -0.321. The molecule has 2 aromatic rings. The number of carbonyl (C=O) groups is 2. The third kappa shape index (κ3) is 4.91. The number of amides is 2. The van der Waals surface area contributed by atoms with Gasteiger partial charge >= 0.3 is 0 Å². The first-order valence-corrected chi connectivity index (χ1v) is 7.83. The van der Waals surface area contributed by atoms with E-state index in [1.807, 2.05) is 32.0 Å². The van der Waals surface area contributed by atoms with Crippen molar-refractivity contribution in [3.8, 4) is 0 Å². The van der Waals surface area contributed by atoms with Crippen molar-refractivity contribution in [2.45, 2.75) is 26.7 Å². The van der Waals surface area contributed by atoms with Crippen LogP contribution in [0, 0.1) is 19.7 Å². The molecule has 0 aliphatic carbocycles. The lowest BCUT2D eigenvalue weighted by molar-refractivity contribution is -0.124. The predicted octanol–water partition coefficient (Wildman–Crippen LogP) is 3.13. The Balaban J connectivity index is 1.79. The molecule has 0 spiro atoms. The van der Waals surface area contributed by atoms with Crippen LogP contribution in [0.15, 0.2) is 42.5 Å². The summed E-state index contributed by atoms with van der Waals surface area (Å²) in [7, 11) is 0. The second-order valence-corrected chi connectivity index (χ2v) is 5.68. The Morgan fingerprint density at radius 3 is 2.29 bits per heavy atom. The molecule has 4 nitrogen and oxygen atoms in total. The minimum Gasteiger partial charge on any atom is -0.347 e. The van der Waals surface area contributed by atoms with Gasteiger partial charge in [0.05, 0.1) is 6.54 Å². The van der Waals surface area contributed by atoms with E-state index in [1.54, 1.807) is 18.2 Å². The second kappa shape index (κ2) is 8.24. The van der Waals surface area contributed by atoms with Crippen LogP contribution in [0.3, 0.4) is 0 Å². The summed E-state index contributed by atoms with van der Waals surface area (Å²) in [6, 6.07) is 12.1. The van der Waals surface area contributed by atoms with Gasteiger partial charge in [0, 0.05) is 12.1 Å². The molecule has 0 fully saturated rings. The molecule has 0 bridgehead atoms. The molecule has 0 saturated carbocycles. The lowest BCUT2D eigenvalue weighted by Crippen LogP contribution is -2.33. The number of hydrogen-bond acceptors (Lipinski definition) is 2. The number of nitrogens with one attached hydrogen (secondary N) is 2. The molecule has 0 heterocycles. The highest BCUT2D eigenvalue weighted by Gasteiger charge is 2.10. The normalized spacial score (nSPS) is 10.3. The number of rotatable bonds is 6. The van der Waals surface area contributed by atoms with E-state index in [0.29, 0.717) is 12.0 Å². The van der Waals surface area contributed by atoms with Gasteiger partial charge in [0.2, 0.25) is 11.8 Å². The molecule has 0 unspecified atom stereocenters. The first kappa shape index (κ1) is 17.7. The molecule has 0 atom stereocenters. The van der Waals surface area contributed by atoms with Gasteiger partial charge in [-0.3, -0.25) is 9.59 Å². The summed E-state index contributed by atoms with van der Waals surface area (Å²) < 4.78 is 13.5. The van der Waals surface area contributed by atoms with Crippen molar-refractivity contribution < 1.29 is 14.0 Å². The highest BCUT2D eigenvalue weighted by Crippen LogP contribution is 2.19. The maximum atomic E-state index is 13.5. The monoisotopic (exact) mass is 328 g/mol. The van der Waals surface area contributed by atoms with E-state index < -0.39 is 0 Å². The number of halogens is 1. The van der Waals surface area contributed by atoms with E-state index in [4.69, 9.17) is 0 Å². The van der Waals surface area contributed by atoms with E-state index in [9.17, 15) is 14.0 Å². The summed E-state index contributed by atoms with van der Waals surface area (Å²) in [5.74, 6) is -0.889. The van der Waals surface area contributed by atoms with Crippen LogP contribution in [-0.4, -0.2) is 18.4 Å². The van der Waals surface area contributed by atoms with Crippen molar-refractivity contribution in [1.29, 1.82) is 0 Å². The zero-order chi connectivity index (χ0) is 17.5. The van der Waals surface area contributed by atoms with E-state index in [0.717, 1.165) is 16.8 Å². The van der Waals surface area contributed by atoms with Crippen molar-refractivity contribution in [3.63, 3.8) is 0 Å². The molecule has 2 rings (SSSR count). The SMILES string of the molecule is Cc1cccc(C)c1NC(=O)CNC(=O)CCc1ccccc1F. The van der Waals surface area contributed by atoms with Crippen molar-refractivity contribution in [3.05, 3.63) is 65.0 Å². The Morgan fingerprint density at radius 2 is 1.62 bits per heavy atom. The van der Waals surface area contributed by atoms with Gasteiger partial charge in [0.25, 0.3) is 0 Å². The first-order valence-electron chi connectivity index (χ1n) is 7.83. The maximum Gasteiger partial charge on any atom is 0.243 e. The van der Waals surface area contributed by atoms with Gasteiger partial charge in [-0.05, 0) is 43.0 Å². The minimum absolute atomic E-state index is 0.107. The first-order chi connectivity index (χ1) is 11.5. The lowest BCUT2D eigenvalue weighted by Gasteiger charge is -2.12. The topological polar surface area (TPSA) is 58.2 Å². The fraction of sp³-hybridized carbons (Fsp3) is 0.263. The Morgan fingerprint density at radius 1 is 0.958 bits per heavy atom. The smallest absolute Gasteiger partial charge is 0.243 e. The van der Waals surface area contributed by atoms with Crippen molar-refractivity contribution >= 4 is 17.5 Å². The Hall–Kier alpha value is -2.69. The van der Waals surface area contributed by atoms with E-state index in [2.05, 4.69) is 10.6 Å². The van der Waals surface area contributed by atoms with Crippen molar-refractivity contribution in [2.75, 3.05) is 11.9 Å². The molecule has 126 valence electrons. The number of aryl methyl sites for hydroxylation is 3.